The van der Waals surface area contributed by atoms with Crippen molar-refractivity contribution in [3.05, 3.63) is 64.4 Å². The van der Waals surface area contributed by atoms with Crippen LogP contribution in [-0.4, -0.2) is 46.0 Å². The van der Waals surface area contributed by atoms with E-state index in [1.54, 1.807) is 14.2 Å². The van der Waals surface area contributed by atoms with E-state index in [2.05, 4.69) is 28.5 Å². The fourth-order valence-electron chi connectivity index (χ4n) is 3.64. The summed E-state index contributed by atoms with van der Waals surface area (Å²) >= 11 is 0. The zero-order valence-corrected chi connectivity index (χ0v) is 18.7. The highest BCUT2D eigenvalue weighted by atomic mass is 32.2. The number of methoxy groups -OCH3 is 2. The molecule has 0 saturated carbocycles. The fraction of sp³-hybridized carbons (Fsp3) is 0.381. The SMILES string of the molecule is COC1=CC2N=Cc3c(C)cn(/C(C)=C/C=C(\C)CNS(N)(=O)=O)c3C2C=C1OC. The molecule has 1 aromatic rings. The third-order valence-corrected chi connectivity index (χ3v) is 5.77. The molecule has 1 aromatic heterocycles. The van der Waals surface area contributed by atoms with E-state index in [0.29, 0.717) is 11.5 Å². The maximum Gasteiger partial charge on any atom is 0.274 e. The van der Waals surface area contributed by atoms with Crippen LogP contribution >= 0.6 is 0 Å². The third kappa shape index (κ3) is 4.58. The van der Waals surface area contributed by atoms with Crippen molar-refractivity contribution in [1.29, 1.82) is 0 Å². The summed E-state index contributed by atoms with van der Waals surface area (Å²) in [6.07, 6.45) is 11.9. The van der Waals surface area contributed by atoms with Gasteiger partial charge < -0.3 is 14.0 Å². The normalized spacial score (nSPS) is 21.5. The molecule has 0 amide bonds. The molecular weight excluding hydrogens is 404 g/mol. The summed E-state index contributed by atoms with van der Waals surface area (Å²) in [5, 5.41) is 4.99. The number of nitrogens with one attached hydrogen (secondary N) is 1. The van der Waals surface area contributed by atoms with E-state index in [-0.39, 0.29) is 18.5 Å². The minimum Gasteiger partial charge on any atom is -0.493 e. The smallest absolute Gasteiger partial charge is 0.274 e. The molecular formula is C21H28N4O4S. The van der Waals surface area contributed by atoms with E-state index in [1.165, 1.54) is 0 Å². The maximum atomic E-state index is 11.1. The minimum absolute atomic E-state index is 0.0185. The van der Waals surface area contributed by atoms with Gasteiger partial charge in [-0.3, -0.25) is 4.99 Å². The molecule has 1 aliphatic heterocycles. The Bertz CT molecular complexity index is 1090. The predicted molar refractivity (Wildman–Crippen MR) is 118 cm³/mol. The standard InChI is InChI=1S/C21H28N4O4S/c1-13(10-24-30(22,26)27)6-7-15(3)25-12-14(2)17-11-23-18-9-20(29-5)19(28-4)8-16(18)21(17)25/h6-9,11-12,16,18,24H,10H2,1-5H3,(H2,22,26,27)/b13-6+,15-7+. The molecule has 9 heteroatoms. The van der Waals surface area contributed by atoms with Gasteiger partial charge in [0.05, 0.1) is 20.3 Å². The molecule has 0 radical (unpaired) electrons. The third-order valence-electron chi connectivity index (χ3n) is 5.22. The Hall–Kier alpha value is -2.62. The van der Waals surface area contributed by atoms with Crippen LogP contribution in [0.15, 0.2) is 52.6 Å². The van der Waals surface area contributed by atoms with Crippen molar-refractivity contribution >= 4 is 22.1 Å². The summed E-state index contributed by atoms with van der Waals surface area (Å²) in [5.41, 5.74) is 5.20. The van der Waals surface area contributed by atoms with E-state index >= 15 is 0 Å². The van der Waals surface area contributed by atoms with Crippen molar-refractivity contribution in [1.82, 2.24) is 9.29 Å². The second-order valence-electron chi connectivity index (χ2n) is 7.43. The van der Waals surface area contributed by atoms with Crippen LogP contribution in [0.25, 0.3) is 5.70 Å². The predicted octanol–water partition coefficient (Wildman–Crippen LogP) is 2.36. The Morgan fingerprint density at radius 3 is 2.53 bits per heavy atom. The molecule has 1 aliphatic carbocycles. The van der Waals surface area contributed by atoms with Crippen LogP contribution in [0.1, 0.15) is 36.6 Å². The number of aryl methyl sites for hydroxylation is 1. The summed E-state index contributed by atoms with van der Waals surface area (Å²) < 4.78 is 37.5. The van der Waals surface area contributed by atoms with Crippen molar-refractivity contribution < 1.29 is 17.9 Å². The topological polar surface area (TPSA) is 108 Å². The van der Waals surface area contributed by atoms with E-state index in [9.17, 15) is 8.42 Å². The molecule has 0 aromatic carbocycles. The van der Waals surface area contributed by atoms with Gasteiger partial charge in [0.2, 0.25) is 0 Å². The van der Waals surface area contributed by atoms with Gasteiger partial charge in [-0.2, -0.15) is 13.1 Å². The monoisotopic (exact) mass is 432 g/mol. The van der Waals surface area contributed by atoms with Gasteiger partial charge in [-0.1, -0.05) is 11.6 Å². The molecule has 162 valence electrons. The van der Waals surface area contributed by atoms with E-state index in [0.717, 1.165) is 28.1 Å². The number of allylic oxidation sites excluding steroid dienone is 3. The van der Waals surface area contributed by atoms with Crippen LogP contribution in [-0.2, 0) is 19.7 Å². The van der Waals surface area contributed by atoms with Crippen LogP contribution in [0.2, 0.25) is 0 Å². The van der Waals surface area contributed by atoms with Crippen LogP contribution in [0, 0.1) is 6.92 Å². The molecule has 3 N–H and O–H groups in total. The highest BCUT2D eigenvalue weighted by Gasteiger charge is 2.34. The second kappa shape index (κ2) is 8.63. The number of nitrogens with two attached hydrogens (primary N) is 1. The number of hydrogen-bond donors (Lipinski definition) is 2. The Morgan fingerprint density at radius 2 is 1.90 bits per heavy atom. The number of aromatic nitrogens is 1. The minimum atomic E-state index is -3.71. The fourth-order valence-corrected chi connectivity index (χ4v) is 4.07. The van der Waals surface area contributed by atoms with Gasteiger partial charge in [-0.15, -0.1) is 0 Å². The van der Waals surface area contributed by atoms with Crippen molar-refractivity contribution in [3.8, 4) is 0 Å². The molecule has 2 aliphatic rings. The number of fused-ring (bicyclic) bond motifs is 3. The molecule has 8 nitrogen and oxygen atoms in total. The van der Waals surface area contributed by atoms with E-state index in [1.807, 2.05) is 38.3 Å². The number of hydrogen-bond acceptors (Lipinski definition) is 5. The van der Waals surface area contributed by atoms with E-state index in [4.69, 9.17) is 19.6 Å². The molecule has 0 saturated heterocycles. The van der Waals surface area contributed by atoms with Crippen molar-refractivity contribution in [2.45, 2.75) is 32.7 Å². The molecule has 2 unspecified atom stereocenters. The van der Waals surface area contributed by atoms with Crippen LogP contribution in [0.5, 0.6) is 0 Å². The Morgan fingerprint density at radius 1 is 1.23 bits per heavy atom. The number of aliphatic imine (C=N–C) groups is 1. The average molecular weight is 433 g/mol. The lowest BCUT2D eigenvalue weighted by atomic mass is 9.86. The lowest BCUT2D eigenvalue weighted by Gasteiger charge is -2.30. The molecule has 30 heavy (non-hydrogen) atoms. The Labute approximate surface area is 177 Å². The number of rotatable bonds is 7. The molecule has 2 heterocycles. The summed E-state index contributed by atoms with van der Waals surface area (Å²) in [4.78, 5) is 4.71. The van der Waals surface area contributed by atoms with Crippen LogP contribution in [0.4, 0.5) is 0 Å². The van der Waals surface area contributed by atoms with Crippen molar-refractivity contribution in [3.63, 3.8) is 0 Å². The molecule has 2 atom stereocenters. The van der Waals surface area contributed by atoms with Gasteiger partial charge in [0.25, 0.3) is 10.2 Å². The van der Waals surface area contributed by atoms with Gasteiger partial charge in [0.1, 0.15) is 0 Å². The summed E-state index contributed by atoms with van der Waals surface area (Å²) in [7, 11) is -0.461. The zero-order valence-electron chi connectivity index (χ0n) is 17.8. The molecule has 0 spiro atoms. The molecule has 0 bridgehead atoms. The summed E-state index contributed by atoms with van der Waals surface area (Å²) in [6, 6.07) is -0.0663. The first-order chi connectivity index (χ1) is 14.1. The van der Waals surface area contributed by atoms with Crippen molar-refractivity contribution in [2.75, 3.05) is 20.8 Å². The van der Waals surface area contributed by atoms with Gasteiger partial charge in [-0.25, -0.2) is 5.14 Å². The Kier molecular flexibility index (Phi) is 6.35. The first-order valence-electron chi connectivity index (χ1n) is 9.53. The highest BCUT2D eigenvalue weighted by molar-refractivity contribution is 7.87. The summed E-state index contributed by atoms with van der Waals surface area (Å²) in [6.45, 7) is 6.07. The van der Waals surface area contributed by atoms with E-state index < -0.39 is 10.2 Å². The van der Waals surface area contributed by atoms with Crippen LogP contribution < -0.4 is 9.86 Å². The largest absolute Gasteiger partial charge is 0.493 e. The van der Waals surface area contributed by atoms with Crippen LogP contribution in [0.3, 0.4) is 0 Å². The highest BCUT2D eigenvalue weighted by Crippen LogP contribution is 2.39. The zero-order chi connectivity index (χ0) is 22.1. The lowest BCUT2D eigenvalue weighted by Crippen LogP contribution is -2.31. The maximum absolute atomic E-state index is 11.1. The first kappa shape index (κ1) is 22.1. The number of ether oxygens (including phenoxy) is 2. The van der Waals surface area contributed by atoms with Crippen molar-refractivity contribution in [2.24, 2.45) is 10.1 Å². The van der Waals surface area contributed by atoms with Gasteiger partial charge in [-0.05, 0) is 44.6 Å². The van der Waals surface area contributed by atoms with Gasteiger partial charge in [0.15, 0.2) is 11.5 Å². The lowest BCUT2D eigenvalue weighted by molar-refractivity contribution is 0.212. The Balaban J connectivity index is 1.96. The van der Waals surface area contributed by atoms with Gasteiger partial charge in [0, 0.05) is 41.8 Å². The molecule has 3 rings (SSSR count). The molecule has 0 fully saturated rings. The first-order valence-corrected chi connectivity index (χ1v) is 11.1. The second-order valence-corrected chi connectivity index (χ2v) is 8.81. The van der Waals surface area contributed by atoms with Gasteiger partial charge >= 0.3 is 0 Å². The summed E-state index contributed by atoms with van der Waals surface area (Å²) in [5.74, 6) is 1.39. The average Bonchev–Trinajstić information content (AvgIpc) is 3.05. The number of nitrogens with zero attached hydrogens (tertiary/aromatic N) is 2. The quantitative estimate of drug-likeness (QED) is 0.645.